The van der Waals surface area contributed by atoms with Crippen LogP contribution in [0, 0.1) is 11.8 Å². The first-order valence-corrected chi connectivity index (χ1v) is 11.1. The van der Waals surface area contributed by atoms with Gasteiger partial charge in [0.05, 0.1) is 6.10 Å². The van der Waals surface area contributed by atoms with Crippen LogP contribution in [0.5, 0.6) is 0 Å². The third-order valence-corrected chi connectivity index (χ3v) is 5.97. The highest BCUT2D eigenvalue weighted by molar-refractivity contribution is 6.01. The van der Waals surface area contributed by atoms with Crippen LogP contribution in [-0.2, 0) is 43.0 Å². The average molecular weight is 456 g/mol. The van der Waals surface area contributed by atoms with Gasteiger partial charge in [0, 0.05) is 39.0 Å². The SMILES string of the molecule is CC(=O)OCC1OC(CCCCCC(=O)ON2C(=O)CCC2=O)C(C)C(C)C1OC(C)=O. The summed E-state index contributed by atoms with van der Waals surface area (Å²) in [7, 11) is 0. The molecule has 5 unspecified atom stereocenters. The Labute approximate surface area is 187 Å². The number of amides is 2. The molecular formula is C22H33NO9. The van der Waals surface area contributed by atoms with Crippen LogP contribution in [0.2, 0.25) is 0 Å². The van der Waals surface area contributed by atoms with Crippen molar-refractivity contribution in [2.45, 2.75) is 91.0 Å². The van der Waals surface area contributed by atoms with Crippen molar-refractivity contribution < 1.29 is 43.0 Å². The molecule has 2 aliphatic heterocycles. The topological polar surface area (TPSA) is 126 Å². The zero-order chi connectivity index (χ0) is 23.8. The Morgan fingerprint density at radius 2 is 1.59 bits per heavy atom. The Morgan fingerprint density at radius 1 is 0.938 bits per heavy atom. The van der Waals surface area contributed by atoms with E-state index in [4.69, 9.17) is 19.0 Å². The van der Waals surface area contributed by atoms with Crippen molar-refractivity contribution in [1.82, 2.24) is 5.06 Å². The third-order valence-electron chi connectivity index (χ3n) is 5.97. The Kier molecular flexibility index (Phi) is 9.61. The van der Waals surface area contributed by atoms with Crippen LogP contribution >= 0.6 is 0 Å². The minimum Gasteiger partial charge on any atom is -0.463 e. The van der Waals surface area contributed by atoms with Crippen molar-refractivity contribution in [3.05, 3.63) is 0 Å². The molecule has 0 aromatic carbocycles. The lowest BCUT2D eigenvalue weighted by Crippen LogP contribution is -2.52. The van der Waals surface area contributed by atoms with Gasteiger partial charge in [-0.2, -0.15) is 0 Å². The lowest BCUT2D eigenvalue weighted by atomic mass is 9.79. The highest BCUT2D eigenvalue weighted by Crippen LogP contribution is 2.35. The van der Waals surface area contributed by atoms with E-state index in [0.29, 0.717) is 11.5 Å². The van der Waals surface area contributed by atoms with Crippen molar-refractivity contribution in [3.8, 4) is 0 Å². The molecule has 0 aliphatic carbocycles. The fraction of sp³-hybridized carbons (Fsp3) is 0.773. The van der Waals surface area contributed by atoms with Crippen LogP contribution in [0.1, 0.15) is 72.6 Å². The lowest BCUT2D eigenvalue weighted by molar-refractivity contribution is -0.206. The molecule has 2 fully saturated rings. The number of hydroxylamine groups is 2. The number of carbonyl (C=O) groups excluding carboxylic acids is 5. The number of imide groups is 1. The Hall–Kier alpha value is -2.49. The number of ether oxygens (including phenoxy) is 3. The van der Waals surface area contributed by atoms with Crippen LogP contribution < -0.4 is 0 Å². The molecule has 0 radical (unpaired) electrons. The summed E-state index contributed by atoms with van der Waals surface area (Å²) in [4.78, 5) is 62.4. The van der Waals surface area contributed by atoms with Gasteiger partial charge < -0.3 is 19.0 Å². The molecule has 5 atom stereocenters. The summed E-state index contributed by atoms with van der Waals surface area (Å²) in [6, 6.07) is 0. The molecule has 32 heavy (non-hydrogen) atoms. The summed E-state index contributed by atoms with van der Waals surface area (Å²) in [5.41, 5.74) is 0. The normalized spacial score (nSPS) is 27.9. The van der Waals surface area contributed by atoms with Gasteiger partial charge in [-0.1, -0.05) is 26.7 Å². The summed E-state index contributed by atoms with van der Waals surface area (Å²) < 4.78 is 16.7. The van der Waals surface area contributed by atoms with E-state index in [1.807, 2.05) is 13.8 Å². The molecule has 0 N–H and O–H groups in total. The second kappa shape index (κ2) is 11.9. The van der Waals surface area contributed by atoms with Crippen LogP contribution in [0.25, 0.3) is 0 Å². The van der Waals surface area contributed by atoms with E-state index in [9.17, 15) is 24.0 Å². The zero-order valence-corrected chi connectivity index (χ0v) is 19.2. The Balaban J connectivity index is 1.78. The first-order valence-electron chi connectivity index (χ1n) is 11.1. The molecule has 0 spiro atoms. The van der Waals surface area contributed by atoms with Crippen LogP contribution in [0.15, 0.2) is 0 Å². The van der Waals surface area contributed by atoms with Crippen LogP contribution in [-0.4, -0.2) is 59.7 Å². The zero-order valence-electron chi connectivity index (χ0n) is 19.2. The summed E-state index contributed by atoms with van der Waals surface area (Å²) in [6.45, 7) is 6.70. The lowest BCUT2D eigenvalue weighted by Gasteiger charge is -2.44. The maximum absolute atomic E-state index is 11.9. The molecule has 2 heterocycles. The van der Waals surface area contributed by atoms with E-state index in [2.05, 4.69) is 0 Å². The van der Waals surface area contributed by atoms with Gasteiger partial charge in [0.15, 0.2) is 0 Å². The fourth-order valence-corrected chi connectivity index (χ4v) is 4.04. The van der Waals surface area contributed by atoms with Gasteiger partial charge in [0.2, 0.25) is 0 Å². The molecule has 0 saturated carbocycles. The summed E-state index contributed by atoms with van der Waals surface area (Å²) in [5, 5.41) is 0.560. The van der Waals surface area contributed by atoms with Gasteiger partial charge in [0.25, 0.3) is 11.8 Å². The molecule has 2 aliphatic rings. The minimum atomic E-state index is -0.602. The van der Waals surface area contributed by atoms with Gasteiger partial charge in [0.1, 0.15) is 18.8 Å². The van der Waals surface area contributed by atoms with Gasteiger partial charge in [-0.05, 0) is 18.8 Å². The molecule has 2 amide bonds. The molecule has 2 saturated heterocycles. The number of nitrogens with zero attached hydrogens (tertiary/aromatic N) is 1. The molecular weight excluding hydrogens is 422 g/mol. The maximum atomic E-state index is 11.9. The van der Waals surface area contributed by atoms with Gasteiger partial charge in [-0.25, -0.2) is 4.79 Å². The molecule has 0 bridgehead atoms. The van der Waals surface area contributed by atoms with Gasteiger partial charge in [-0.3, -0.25) is 19.2 Å². The first-order chi connectivity index (χ1) is 15.1. The molecule has 2 rings (SSSR count). The van der Waals surface area contributed by atoms with E-state index in [1.165, 1.54) is 13.8 Å². The molecule has 10 nitrogen and oxygen atoms in total. The predicted octanol–water partition coefficient (Wildman–Crippen LogP) is 2.08. The maximum Gasteiger partial charge on any atom is 0.333 e. The summed E-state index contributed by atoms with van der Waals surface area (Å²) >= 11 is 0. The number of rotatable bonds is 10. The van der Waals surface area contributed by atoms with Gasteiger partial charge >= 0.3 is 17.9 Å². The van der Waals surface area contributed by atoms with E-state index >= 15 is 0 Å². The number of unbranched alkanes of at least 4 members (excludes halogenated alkanes) is 2. The van der Waals surface area contributed by atoms with Crippen LogP contribution in [0.3, 0.4) is 0 Å². The van der Waals surface area contributed by atoms with Crippen molar-refractivity contribution in [2.75, 3.05) is 6.61 Å². The smallest absolute Gasteiger partial charge is 0.333 e. The second-order valence-corrected chi connectivity index (χ2v) is 8.45. The standard InChI is InChI=1S/C22H33NO9/c1-13-14(2)22(30-16(4)25)18(12-29-15(3)24)31-17(13)8-6-5-7-9-21(28)32-23-19(26)10-11-20(23)27/h13-14,17-18,22H,5-12H2,1-4H3. The first kappa shape index (κ1) is 25.8. The monoisotopic (exact) mass is 455 g/mol. The number of carbonyl (C=O) groups is 5. The molecule has 0 aromatic heterocycles. The van der Waals surface area contributed by atoms with Crippen molar-refractivity contribution in [2.24, 2.45) is 11.8 Å². The third kappa shape index (κ3) is 7.29. The average Bonchev–Trinajstić information content (AvgIpc) is 3.03. The number of hydrogen-bond donors (Lipinski definition) is 0. The fourth-order valence-electron chi connectivity index (χ4n) is 4.04. The predicted molar refractivity (Wildman–Crippen MR) is 109 cm³/mol. The van der Waals surface area contributed by atoms with Gasteiger partial charge in [-0.15, -0.1) is 5.06 Å². The quantitative estimate of drug-likeness (QED) is 0.276. The Morgan fingerprint density at radius 3 is 2.19 bits per heavy atom. The molecule has 0 aromatic rings. The van der Waals surface area contributed by atoms with Crippen molar-refractivity contribution in [1.29, 1.82) is 0 Å². The summed E-state index contributed by atoms with van der Waals surface area (Å²) in [5.74, 6) is -2.29. The Bertz CT molecular complexity index is 706. The van der Waals surface area contributed by atoms with Crippen molar-refractivity contribution in [3.63, 3.8) is 0 Å². The van der Waals surface area contributed by atoms with E-state index in [0.717, 1.165) is 19.3 Å². The second-order valence-electron chi connectivity index (χ2n) is 8.45. The summed E-state index contributed by atoms with van der Waals surface area (Å²) in [6.07, 6.45) is 1.91. The van der Waals surface area contributed by atoms with E-state index in [-0.39, 0.29) is 43.8 Å². The van der Waals surface area contributed by atoms with E-state index in [1.54, 1.807) is 0 Å². The largest absolute Gasteiger partial charge is 0.463 e. The highest BCUT2D eigenvalue weighted by atomic mass is 16.7. The number of esters is 2. The molecule has 180 valence electrons. The highest BCUT2D eigenvalue weighted by Gasteiger charge is 2.43. The van der Waals surface area contributed by atoms with Crippen LogP contribution in [0.4, 0.5) is 0 Å². The molecule has 10 heteroatoms. The minimum absolute atomic E-state index is 0.0145. The van der Waals surface area contributed by atoms with E-state index < -0.39 is 41.9 Å². The van der Waals surface area contributed by atoms with Crippen molar-refractivity contribution >= 4 is 29.7 Å². The number of hydrogen-bond acceptors (Lipinski definition) is 9.